The third-order valence-electron chi connectivity index (χ3n) is 1.38. The van der Waals surface area contributed by atoms with Crippen LogP contribution < -0.4 is 0 Å². The first-order chi connectivity index (χ1) is 8.27. The largest absolute Gasteiger partial charge is 0.870 e. The quantitative estimate of drug-likeness (QED) is 0.858. The molecule has 0 rings (SSSR count). The average Bonchev–Trinajstić information content (AvgIpc) is 1.93. The van der Waals surface area contributed by atoms with Gasteiger partial charge in [0.05, 0.1) is 5.60 Å². The summed E-state index contributed by atoms with van der Waals surface area (Å²) < 4.78 is 0. The van der Waals surface area contributed by atoms with Gasteiger partial charge in [0.1, 0.15) is 17.3 Å². The minimum atomic E-state index is -0.828. The van der Waals surface area contributed by atoms with Crippen LogP contribution in [-0.2, 0) is 14.4 Å². The molecule has 0 unspecified atom stereocenters. The molecule has 0 amide bonds. The van der Waals surface area contributed by atoms with Crippen LogP contribution in [0.15, 0.2) is 0 Å². The van der Waals surface area contributed by atoms with Crippen molar-refractivity contribution in [2.75, 3.05) is 0 Å². The van der Waals surface area contributed by atoms with Crippen molar-refractivity contribution in [1.29, 1.82) is 0 Å². The van der Waals surface area contributed by atoms with Crippen LogP contribution in [0.4, 0.5) is 0 Å². The van der Waals surface area contributed by atoms with Gasteiger partial charge >= 0.3 is 0 Å². The van der Waals surface area contributed by atoms with E-state index in [1.807, 2.05) is 13.8 Å². The molecule has 0 spiro atoms. The van der Waals surface area contributed by atoms with Gasteiger partial charge in [0.2, 0.25) is 0 Å². The topological polar surface area (TPSA) is 101 Å². The minimum absolute atomic E-state index is 0. The Morgan fingerprint density at radius 2 is 1.25 bits per heavy atom. The first kappa shape index (κ1) is 27.3. The third-order valence-corrected chi connectivity index (χ3v) is 1.38. The van der Waals surface area contributed by atoms with Crippen LogP contribution in [0.2, 0.25) is 0 Å². The van der Waals surface area contributed by atoms with Gasteiger partial charge in [-0.3, -0.25) is 4.79 Å². The summed E-state index contributed by atoms with van der Waals surface area (Å²) in [5.74, 6) is 1.00. The van der Waals surface area contributed by atoms with Crippen LogP contribution in [0, 0.1) is 5.92 Å². The zero-order chi connectivity index (χ0) is 16.2. The third kappa shape index (κ3) is 68.3. The number of rotatable bonds is 4. The van der Waals surface area contributed by atoms with Crippen LogP contribution in [0.25, 0.3) is 0 Å². The fraction of sp³-hybridized carbons (Fsp3) is 0.800. The average molecular weight is 291 g/mol. The van der Waals surface area contributed by atoms with Crippen LogP contribution in [-0.4, -0.2) is 33.5 Å². The lowest BCUT2D eigenvalue weighted by Crippen LogP contribution is -2.21. The van der Waals surface area contributed by atoms with Gasteiger partial charge in [-0.05, 0) is 47.5 Å². The maximum atomic E-state index is 10.3. The number of carbonyl (C=O) groups is 3. The second kappa shape index (κ2) is 14.3. The van der Waals surface area contributed by atoms with Crippen molar-refractivity contribution in [2.24, 2.45) is 5.92 Å². The van der Waals surface area contributed by atoms with Crippen molar-refractivity contribution < 1.29 is 25.0 Å². The molecule has 0 radical (unpaired) electrons. The molecule has 0 bridgehead atoms. The molecule has 0 aromatic rings. The Bertz CT molecular complexity index is 270. The molecule has 0 saturated carbocycles. The predicted octanol–water partition coefficient (Wildman–Crippen LogP) is 2.78. The summed E-state index contributed by atoms with van der Waals surface area (Å²) in [5, 5.41) is 8.97. The lowest BCUT2D eigenvalue weighted by atomic mass is 10.0. The molecule has 0 aliphatic carbocycles. The lowest BCUT2D eigenvalue weighted by Gasteiger charge is -2.13. The van der Waals surface area contributed by atoms with E-state index in [1.165, 1.54) is 20.8 Å². The number of ketones is 3. The normalized spacial score (nSPS) is 9.30. The summed E-state index contributed by atoms with van der Waals surface area (Å²) >= 11 is 0. The maximum Gasteiger partial charge on any atom is 0.132 e. The first-order valence-corrected chi connectivity index (χ1v) is 6.46. The Morgan fingerprint density at radius 1 is 0.950 bits per heavy atom. The summed E-state index contributed by atoms with van der Waals surface area (Å²) in [5.41, 5.74) is -0.828. The summed E-state index contributed by atoms with van der Waals surface area (Å²) in [4.78, 5) is 30.0. The Hall–Kier alpha value is -1.07. The highest BCUT2D eigenvalue weighted by Crippen LogP contribution is 2.06. The van der Waals surface area contributed by atoms with Crippen LogP contribution >= 0.6 is 0 Å². The highest BCUT2D eigenvalue weighted by molar-refractivity contribution is 5.76. The van der Waals surface area contributed by atoms with E-state index < -0.39 is 5.60 Å². The van der Waals surface area contributed by atoms with E-state index in [9.17, 15) is 14.4 Å². The van der Waals surface area contributed by atoms with Crippen LogP contribution in [0.5, 0.6) is 0 Å². The molecule has 5 heteroatoms. The molecule has 0 aliphatic heterocycles. The van der Waals surface area contributed by atoms with Gasteiger partial charge in [0, 0.05) is 12.8 Å². The van der Waals surface area contributed by atoms with Crippen molar-refractivity contribution in [1.82, 2.24) is 0 Å². The monoisotopic (exact) mass is 291 g/mol. The SMILES string of the molecule is CC(=O)CC(C)(C)O.CC(=O)CC(C)C.CC(C)=O.[OH-]. The van der Waals surface area contributed by atoms with Gasteiger partial charge < -0.3 is 20.2 Å². The highest BCUT2D eigenvalue weighted by atomic mass is 16.3. The fourth-order valence-corrected chi connectivity index (χ4v) is 1.18. The van der Waals surface area contributed by atoms with E-state index in [-0.39, 0.29) is 29.2 Å². The van der Waals surface area contributed by atoms with E-state index >= 15 is 0 Å². The fourth-order valence-electron chi connectivity index (χ4n) is 1.18. The van der Waals surface area contributed by atoms with Crippen molar-refractivity contribution in [3.8, 4) is 0 Å². The molecular weight excluding hydrogens is 260 g/mol. The molecule has 0 aromatic carbocycles. The molecule has 0 saturated heterocycles. The van der Waals surface area contributed by atoms with E-state index in [2.05, 4.69) is 0 Å². The second-order valence-corrected chi connectivity index (χ2v) is 5.90. The predicted molar refractivity (Wildman–Crippen MR) is 80.0 cm³/mol. The Morgan fingerprint density at radius 3 is 1.25 bits per heavy atom. The summed E-state index contributed by atoms with van der Waals surface area (Å²) in [6, 6.07) is 0. The van der Waals surface area contributed by atoms with E-state index in [0.717, 1.165) is 6.42 Å². The van der Waals surface area contributed by atoms with Gasteiger partial charge in [-0.25, -0.2) is 0 Å². The molecule has 0 heterocycles. The molecule has 20 heavy (non-hydrogen) atoms. The first-order valence-electron chi connectivity index (χ1n) is 6.46. The van der Waals surface area contributed by atoms with Crippen LogP contribution in [0.3, 0.4) is 0 Å². The Labute approximate surface area is 123 Å². The van der Waals surface area contributed by atoms with E-state index in [0.29, 0.717) is 5.92 Å². The minimum Gasteiger partial charge on any atom is -0.870 e. The van der Waals surface area contributed by atoms with E-state index in [4.69, 9.17) is 5.11 Å². The molecule has 0 aliphatic rings. The van der Waals surface area contributed by atoms with Gasteiger partial charge in [0.15, 0.2) is 0 Å². The van der Waals surface area contributed by atoms with Gasteiger partial charge in [-0.1, -0.05) is 13.8 Å². The number of Topliss-reactive ketones (excluding diaryl/α,β-unsaturated/α-hetero) is 3. The molecule has 0 fully saturated rings. The van der Waals surface area contributed by atoms with Crippen molar-refractivity contribution in [2.45, 2.75) is 73.8 Å². The van der Waals surface area contributed by atoms with Gasteiger partial charge in [0.25, 0.3) is 0 Å². The molecule has 2 N–H and O–H groups in total. The smallest absolute Gasteiger partial charge is 0.132 e. The lowest BCUT2D eigenvalue weighted by molar-refractivity contribution is -0.121. The zero-order valence-corrected chi connectivity index (χ0v) is 14.1. The highest BCUT2D eigenvalue weighted by Gasteiger charge is 2.13. The maximum absolute atomic E-state index is 10.3. The summed E-state index contributed by atoms with van der Waals surface area (Å²) in [6.45, 7) is 13.5. The van der Waals surface area contributed by atoms with E-state index in [1.54, 1.807) is 20.8 Å². The number of aliphatic hydroxyl groups is 1. The zero-order valence-electron chi connectivity index (χ0n) is 14.1. The number of hydrogen-bond acceptors (Lipinski definition) is 5. The summed E-state index contributed by atoms with van der Waals surface area (Å²) in [7, 11) is 0. The molecular formula is C15H31O5-. The van der Waals surface area contributed by atoms with Gasteiger partial charge in [-0.15, -0.1) is 0 Å². The number of hydrogen-bond donors (Lipinski definition) is 1. The van der Waals surface area contributed by atoms with Crippen LogP contribution in [0.1, 0.15) is 68.2 Å². The van der Waals surface area contributed by atoms with Crippen molar-refractivity contribution in [3.05, 3.63) is 0 Å². The molecule has 0 atom stereocenters. The number of carbonyl (C=O) groups excluding carboxylic acids is 3. The van der Waals surface area contributed by atoms with Crippen molar-refractivity contribution in [3.63, 3.8) is 0 Å². The Balaban J connectivity index is -0.0000000986. The standard InChI is InChI=1S/C6H12O2.C6H12O.C3H6O.H2O/c1-5(7)4-6(2,3)8;1-5(2)4-6(3)7;1-3(2)4;/h8H,4H2,1-3H3;5H,4H2,1-3H3;1-2H3;1H2/p-1. The molecule has 0 aromatic heterocycles. The second-order valence-electron chi connectivity index (χ2n) is 5.90. The molecule has 122 valence electrons. The Kier molecular flexibility index (Phi) is 19.6. The van der Waals surface area contributed by atoms with Crippen molar-refractivity contribution >= 4 is 17.3 Å². The summed E-state index contributed by atoms with van der Waals surface area (Å²) in [6.07, 6.45) is 0.965. The molecule has 5 nitrogen and oxygen atoms in total. The van der Waals surface area contributed by atoms with Gasteiger partial charge in [-0.2, -0.15) is 0 Å².